The number of carbonyl (C=O) groups excluding carboxylic acids is 1. The number of benzene rings is 2. The Morgan fingerprint density at radius 1 is 1.04 bits per heavy atom. The number of nitrogens with one attached hydrogen (secondary N) is 1. The summed E-state index contributed by atoms with van der Waals surface area (Å²) in [6.07, 6.45) is -0.622. The Kier molecular flexibility index (Phi) is 5.07. The number of anilines is 1. The summed E-state index contributed by atoms with van der Waals surface area (Å²) in [6, 6.07) is 13.2. The van der Waals surface area contributed by atoms with Crippen LogP contribution in [0.2, 0.25) is 0 Å². The molecule has 1 heterocycles. The number of ether oxygens (including phenoxy) is 3. The zero-order valence-electron chi connectivity index (χ0n) is 15.7. The predicted octanol–water partition coefficient (Wildman–Crippen LogP) is 4.16. The first-order valence-electron chi connectivity index (χ1n) is 8.80. The first-order chi connectivity index (χ1) is 12.3. The molecule has 0 saturated carbocycles. The van der Waals surface area contributed by atoms with E-state index in [1.807, 2.05) is 24.3 Å². The molecular weight excluding hydrogens is 330 g/mol. The molecule has 2 aromatic carbocycles. The van der Waals surface area contributed by atoms with Crippen LogP contribution in [0.4, 0.5) is 5.69 Å². The number of amides is 1. The summed E-state index contributed by atoms with van der Waals surface area (Å²) < 4.78 is 16.8. The van der Waals surface area contributed by atoms with E-state index in [1.54, 1.807) is 25.1 Å². The third kappa shape index (κ3) is 4.28. The van der Waals surface area contributed by atoms with E-state index < -0.39 is 6.10 Å². The van der Waals surface area contributed by atoms with Crippen LogP contribution in [0.15, 0.2) is 42.5 Å². The molecule has 1 N–H and O–H groups in total. The minimum absolute atomic E-state index is 0.0831. The average molecular weight is 355 g/mol. The van der Waals surface area contributed by atoms with Gasteiger partial charge >= 0.3 is 0 Å². The van der Waals surface area contributed by atoms with Gasteiger partial charge in [0.2, 0.25) is 0 Å². The first-order valence-corrected chi connectivity index (χ1v) is 8.80. The first kappa shape index (κ1) is 18.1. The summed E-state index contributed by atoms with van der Waals surface area (Å²) in [4.78, 5) is 12.4. The van der Waals surface area contributed by atoms with Crippen molar-refractivity contribution in [3.63, 3.8) is 0 Å². The number of hydrogen-bond donors (Lipinski definition) is 1. The largest absolute Gasteiger partial charge is 0.486 e. The van der Waals surface area contributed by atoms with Crippen LogP contribution in [-0.2, 0) is 10.2 Å². The van der Waals surface area contributed by atoms with Gasteiger partial charge in [0.1, 0.15) is 19.0 Å². The molecule has 0 spiro atoms. The SMILES string of the molecule is C[C@H](Oc1ccc(C(C)(C)C)cc1)C(=O)Nc1ccc2c(c1)OCCO2. The molecule has 0 aromatic heterocycles. The highest BCUT2D eigenvalue weighted by Gasteiger charge is 2.18. The molecule has 3 rings (SSSR count). The molecule has 1 aliphatic heterocycles. The van der Waals surface area contributed by atoms with Gasteiger partial charge in [-0.25, -0.2) is 0 Å². The molecule has 5 heteroatoms. The number of carbonyl (C=O) groups is 1. The second-order valence-electron chi connectivity index (χ2n) is 7.38. The topological polar surface area (TPSA) is 56.8 Å². The van der Waals surface area contributed by atoms with Crippen LogP contribution in [0.25, 0.3) is 0 Å². The fourth-order valence-electron chi connectivity index (χ4n) is 2.66. The van der Waals surface area contributed by atoms with Gasteiger partial charge in [0.25, 0.3) is 5.91 Å². The molecule has 0 fully saturated rings. The average Bonchev–Trinajstić information content (AvgIpc) is 2.61. The zero-order chi connectivity index (χ0) is 18.7. The van der Waals surface area contributed by atoms with Gasteiger partial charge < -0.3 is 19.5 Å². The lowest BCUT2D eigenvalue weighted by Gasteiger charge is -2.21. The smallest absolute Gasteiger partial charge is 0.265 e. The monoisotopic (exact) mass is 355 g/mol. The predicted molar refractivity (Wildman–Crippen MR) is 101 cm³/mol. The Bertz CT molecular complexity index is 778. The van der Waals surface area contributed by atoms with Crippen LogP contribution < -0.4 is 19.5 Å². The molecule has 1 amide bonds. The van der Waals surface area contributed by atoms with Crippen molar-refractivity contribution >= 4 is 11.6 Å². The highest BCUT2D eigenvalue weighted by Crippen LogP contribution is 2.32. The Hall–Kier alpha value is -2.69. The van der Waals surface area contributed by atoms with Gasteiger partial charge in [0.15, 0.2) is 17.6 Å². The molecule has 0 unspecified atom stereocenters. The van der Waals surface area contributed by atoms with Crippen molar-refractivity contribution in [2.75, 3.05) is 18.5 Å². The number of fused-ring (bicyclic) bond motifs is 1. The van der Waals surface area contributed by atoms with Gasteiger partial charge in [0.05, 0.1) is 0 Å². The summed E-state index contributed by atoms with van der Waals surface area (Å²) in [5.41, 5.74) is 1.95. The van der Waals surface area contributed by atoms with Gasteiger partial charge in [-0.05, 0) is 42.2 Å². The fraction of sp³-hybridized carbons (Fsp3) is 0.381. The van der Waals surface area contributed by atoms with E-state index in [1.165, 1.54) is 5.56 Å². The van der Waals surface area contributed by atoms with Gasteiger partial charge in [-0.3, -0.25) is 4.79 Å². The highest BCUT2D eigenvalue weighted by atomic mass is 16.6. The third-order valence-electron chi connectivity index (χ3n) is 4.21. The van der Waals surface area contributed by atoms with Crippen LogP contribution >= 0.6 is 0 Å². The number of hydrogen-bond acceptors (Lipinski definition) is 4. The third-order valence-corrected chi connectivity index (χ3v) is 4.21. The highest BCUT2D eigenvalue weighted by molar-refractivity contribution is 5.94. The quantitative estimate of drug-likeness (QED) is 0.895. The van der Waals surface area contributed by atoms with Crippen molar-refractivity contribution in [2.45, 2.75) is 39.2 Å². The summed E-state index contributed by atoms with van der Waals surface area (Å²) in [5.74, 6) is 1.78. The van der Waals surface area contributed by atoms with Crippen molar-refractivity contribution in [1.82, 2.24) is 0 Å². The molecule has 0 aliphatic carbocycles. The lowest BCUT2D eigenvalue weighted by Crippen LogP contribution is -2.30. The zero-order valence-corrected chi connectivity index (χ0v) is 15.7. The Labute approximate surface area is 154 Å². The summed E-state index contributed by atoms with van der Waals surface area (Å²) >= 11 is 0. The maximum atomic E-state index is 12.4. The summed E-state index contributed by atoms with van der Waals surface area (Å²) in [6.45, 7) is 9.25. The van der Waals surface area contributed by atoms with E-state index in [9.17, 15) is 4.79 Å². The molecule has 5 nitrogen and oxygen atoms in total. The van der Waals surface area contributed by atoms with E-state index in [-0.39, 0.29) is 11.3 Å². The molecule has 2 aromatic rings. The van der Waals surface area contributed by atoms with E-state index >= 15 is 0 Å². The van der Waals surface area contributed by atoms with Crippen LogP contribution in [0.5, 0.6) is 17.2 Å². The van der Waals surface area contributed by atoms with Crippen molar-refractivity contribution in [3.05, 3.63) is 48.0 Å². The maximum Gasteiger partial charge on any atom is 0.265 e. The number of rotatable bonds is 4. The van der Waals surface area contributed by atoms with Gasteiger partial charge in [-0.2, -0.15) is 0 Å². The van der Waals surface area contributed by atoms with E-state index in [0.717, 1.165) is 0 Å². The standard InChI is InChI=1S/C21H25NO4/c1-14(26-17-8-5-15(6-9-17)21(2,3)4)20(23)22-16-7-10-18-19(13-16)25-12-11-24-18/h5-10,13-14H,11-12H2,1-4H3,(H,22,23)/t14-/m0/s1. The minimum Gasteiger partial charge on any atom is -0.486 e. The van der Waals surface area contributed by atoms with Gasteiger partial charge in [0, 0.05) is 11.8 Å². The molecule has 138 valence electrons. The molecule has 0 radical (unpaired) electrons. The molecule has 26 heavy (non-hydrogen) atoms. The van der Waals surface area contributed by atoms with Crippen LogP contribution in [0.3, 0.4) is 0 Å². The van der Waals surface area contributed by atoms with Crippen LogP contribution in [0, 0.1) is 0 Å². The lowest BCUT2D eigenvalue weighted by atomic mass is 9.87. The van der Waals surface area contributed by atoms with Crippen LogP contribution in [-0.4, -0.2) is 25.2 Å². The Morgan fingerprint density at radius 3 is 2.35 bits per heavy atom. The van der Waals surface area contributed by atoms with Gasteiger partial charge in [-0.15, -0.1) is 0 Å². The van der Waals surface area contributed by atoms with Gasteiger partial charge in [-0.1, -0.05) is 32.9 Å². The van der Waals surface area contributed by atoms with E-state index in [0.29, 0.717) is 36.1 Å². The fourth-order valence-corrected chi connectivity index (χ4v) is 2.66. The molecular formula is C21H25NO4. The molecule has 0 saturated heterocycles. The van der Waals surface area contributed by atoms with Crippen molar-refractivity contribution in [1.29, 1.82) is 0 Å². The van der Waals surface area contributed by atoms with E-state index in [2.05, 4.69) is 26.1 Å². The van der Waals surface area contributed by atoms with E-state index in [4.69, 9.17) is 14.2 Å². The maximum absolute atomic E-state index is 12.4. The molecule has 0 bridgehead atoms. The minimum atomic E-state index is -0.622. The molecule has 1 atom stereocenters. The van der Waals surface area contributed by atoms with Crippen LogP contribution in [0.1, 0.15) is 33.3 Å². The van der Waals surface area contributed by atoms with Crippen molar-refractivity contribution < 1.29 is 19.0 Å². The normalized spacial score (nSPS) is 14.5. The Balaban J connectivity index is 1.61. The lowest BCUT2D eigenvalue weighted by molar-refractivity contribution is -0.122. The second kappa shape index (κ2) is 7.28. The molecule has 1 aliphatic rings. The summed E-state index contributed by atoms with van der Waals surface area (Å²) in [7, 11) is 0. The second-order valence-corrected chi connectivity index (χ2v) is 7.38. The van der Waals surface area contributed by atoms with Crippen molar-refractivity contribution in [2.24, 2.45) is 0 Å². The summed E-state index contributed by atoms with van der Waals surface area (Å²) in [5, 5.41) is 2.85. The van der Waals surface area contributed by atoms with Crippen molar-refractivity contribution in [3.8, 4) is 17.2 Å². The Morgan fingerprint density at radius 2 is 1.69 bits per heavy atom.